The summed E-state index contributed by atoms with van der Waals surface area (Å²) in [6.45, 7) is 0. The molecule has 0 fully saturated rings. The molecule has 4 heterocycles. The number of hydrogen-bond acceptors (Lipinski definition) is 5. The van der Waals surface area contributed by atoms with E-state index in [0.29, 0.717) is 17.5 Å². The normalized spacial score (nSPS) is 11.9. The first kappa shape index (κ1) is 31.5. The van der Waals surface area contributed by atoms with E-state index >= 15 is 0 Å². The molecule has 0 radical (unpaired) electrons. The van der Waals surface area contributed by atoms with E-state index in [1.165, 1.54) is 16.3 Å². The fourth-order valence-electron chi connectivity index (χ4n) is 8.46. The lowest BCUT2D eigenvalue weighted by molar-refractivity contribution is 0.669. The fraction of sp³-hybridized carbons (Fsp3) is 0. The smallest absolute Gasteiger partial charge is 0.164 e. The zero-order valence-corrected chi connectivity index (χ0v) is 30.4. The standard InChI is InChI=1S/C51H30N4O2/c1-3-13-31(14-4-1)49-52-50(33-26-28-45-41(30-33)37-18-8-10-23-44(37)56-45)54-51(53-49)39-21-12-24-46-47(39)38-20-11-19-35(48(38)57-46)32-25-27-43-40(29-32)36-17-7-9-22-42(36)55(43)34-15-5-2-6-16-34/h1-30H. The van der Waals surface area contributed by atoms with Crippen LogP contribution < -0.4 is 0 Å². The molecule has 4 aromatic heterocycles. The van der Waals surface area contributed by atoms with E-state index in [9.17, 15) is 0 Å². The van der Waals surface area contributed by atoms with Crippen LogP contribution in [-0.2, 0) is 0 Å². The van der Waals surface area contributed by atoms with Crippen molar-refractivity contribution in [3.63, 3.8) is 0 Å². The molecule has 12 rings (SSSR count). The van der Waals surface area contributed by atoms with Crippen LogP contribution in [0.2, 0.25) is 0 Å². The molecule has 0 unspecified atom stereocenters. The van der Waals surface area contributed by atoms with Gasteiger partial charge in [-0.3, -0.25) is 0 Å². The molecule has 0 aliphatic carbocycles. The van der Waals surface area contributed by atoms with Crippen LogP contribution in [0.25, 0.3) is 117 Å². The quantitative estimate of drug-likeness (QED) is 0.176. The molecule has 6 nitrogen and oxygen atoms in total. The maximum atomic E-state index is 6.80. The number of para-hydroxylation sites is 4. The Morgan fingerprint density at radius 3 is 1.84 bits per heavy atom. The summed E-state index contributed by atoms with van der Waals surface area (Å²) in [7, 11) is 0. The first-order chi connectivity index (χ1) is 28.2. The van der Waals surface area contributed by atoms with Crippen molar-refractivity contribution in [3.05, 3.63) is 182 Å². The Balaban J connectivity index is 1.05. The maximum absolute atomic E-state index is 6.80. The Labute approximate surface area is 325 Å². The fourth-order valence-corrected chi connectivity index (χ4v) is 8.46. The van der Waals surface area contributed by atoms with E-state index in [2.05, 4.69) is 114 Å². The zero-order valence-electron chi connectivity index (χ0n) is 30.4. The Morgan fingerprint density at radius 1 is 0.351 bits per heavy atom. The Bertz CT molecular complexity index is 3530. The second kappa shape index (κ2) is 12.3. The van der Waals surface area contributed by atoms with Gasteiger partial charge in [0.15, 0.2) is 17.5 Å². The van der Waals surface area contributed by atoms with Gasteiger partial charge in [-0.2, -0.15) is 0 Å². The molecule has 0 saturated heterocycles. The number of rotatable bonds is 5. The van der Waals surface area contributed by atoms with E-state index < -0.39 is 0 Å². The van der Waals surface area contributed by atoms with Crippen LogP contribution in [0.3, 0.4) is 0 Å². The Morgan fingerprint density at radius 2 is 0.965 bits per heavy atom. The summed E-state index contributed by atoms with van der Waals surface area (Å²) < 4.78 is 15.3. The van der Waals surface area contributed by atoms with Gasteiger partial charge in [0.25, 0.3) is 0 Å². The number of benzene rings is 8. The summed E-state index contributed by atoms with van der Waals surface area (Å²) in [6, 6.07) is 62.7. The van der Waals surface area contributed by atoms with Crippen molar-refractivity contribution in [2.24, 2.45) is 0 Å². The third kappa shape index (κ3) is 4.94. The van der Waals surface area contributed by atoms with Gasteiger partial charge in [-0.1, -0.05) is 121 Å². The molecule has 266 valence electrons. The van der Waals surface area contributed by atoms with Gasteiger partial charge in [0, 0.05) is 60.3 Å². The third-order valence-electron chi connectivity index (χ3n) is 11.1. The second-order valence-electron chi connectivity index (χ2n) is 14.4. The molecule has 0 bridgehead atoms. The lowest BCUT2D eigenvalue weighted by Gasteiger charge is -2.09. The highest BCUT2D eigenvalue weighted by Gasteiger charge is 2.21. The summed E-state index contributed by atoms with van der Waals surface area (Å²) >= 11 is 0. The van der Waals surface area contributed by atoms with Crippen LogP contribution in [0, 0.1) is 0 Å². The van der Waals surface area contributed by atoms with Gasteiger partial charge in [-0.25, -0.2) is 15.0 Å². The summed E-state index contributed by atoms with van der Waals surface area (Å²) in [5.74, 6) is 1.76. The highest BCUT2D eigenvalue weighted by atomic mass is 16.3. The van der Waals surface area contributed by atoms with Gasteiger partial charge in [-0.05, 0) is 66.2 Å². The maximum Gasteiger partial charge on any atom is 0.164 e. The molecule has 0 atom stereocenters. The second-order valence-corrected chi connectivity index (χ2v) is 14.4. The predicted molar refractivity (Wildman–Crippen MR) is 230 cm³/mol. The van der Waals surface area contributed by atoms with Crippen molar-refractivity contribution in [3.8, 4) is 51.0 Å². The average molecular weight is 731 g/mol. The van der Waals surface area contributed by atoms with Gasteiger partial charge in [0.05, 0.1) is 11.0 Å². The SMILES string of the molecule is c1ccc(-c2nc(-c3ccc4oc5ccccc5c4c3)nc(-c3cccc4oc5c(-c6ccc7c(c6)c6ccccc6n7-c6ccccc6)cccc5c34)n2)cc1. The predicted octanol–water partition coefficient (Wildman–Crippen LogP) is 13.4. The van der Waals surface area contributed by atoms with Crippen molar-refractivity contribution in [1.82, 2.24) is 19.5 Å². The van der Waals surface area contributed by atoms with Crippen LogP contribution in [0.15, 0.2) is 191 Å². The van der Waals surface area contributed by atoms with E-state index in [1.807, 2.05) is 72.8 Å². The molecule has 12 aromatic rings. The monoisotopic (exact) mass is 730 g/mol. The van der Waals surface area contributed by atoms with E-state index in [1.54, 1.807) is 0 Å². The molecule has 0 saturated carbocycles. The van der Waals surface area contributed by atoms with Crippen LogP contribution in [0.1, 0.15) is 0 Å². The van der Waals surface area contributed by atoms with Gasteiger partial charge < -0.3 is 13.4 Å². The van der Waals surface area contributed by atoms with E-state index in [4.69, 9.17) is 23.8 Å². The Hall–Kier alpha value is -7.83. The van der Waals surface area contributed by atoms with Gasteiger partial charge >= 0.3 is 0 Å². The molecular formula is C51H30N4O2. The molecule has 0 aliphatic heterocycles. The summed E-state index contributed by atoms with van der Waals surface area (Å²) in [5.41, 5.74) is 11.5. The van der Waals surface area contributed by atoms with Gasteiger partial charge in [0.1, 0.15) is 22.3 Å². The number of aromatic nitrogens is 4. The summed E-state index contributed by atoms with van der Waals surface area (Å²) in [5, 5.41) is 6.43. The Kier molecular flexibility index (Phi) is 6.83. The highest BCUT2D eigenvalue weighted by Crippen LogP contribution is 2.42. The highest BCUT2D eigenvalue weighted by molar-refractivity contribution is 6.16. The number of nitrogens with zero attached hydrogens (tertiary/aromatic N) is 4. The minimum absolute atomic E-state index is 0.574. The van der Waals surface area contributed by atoms with Crippen LogP contribution >= 0.6 is 0 Å². The number of fused-ring (bicyclic) bond motifs is 9. The largest absolute Gasteiger partial charge is 0.456 e. The molecule has 0 amide bonds. The van der Waals surface area contributed by atoms with Crippen molar-refractivity contribution in [2.75, 3.05) is 0 Å². The average Bonchev–Trinajstić information content (AvgIpc) is 3.96. The van der Waals surface area contributed by atoms with Crippen LogP contribution in [-0.4, -0.2) is 19.5 Å². The van der Waals surface area contributed by atoms with E-state index in [0.717, 1.165) is 82.9 Å². The first-order valence-corrected chi connectivity index (χ1v) is 19.0. The molecule has 0 aliphatic rings. The lowest BCUT2D eigenvalue weighted by Crippen LogP contribution is -2.00. The van der Waals surface area contributed by atoms with E-state index in [-0.39, 0.29) is 0 Å². The molecule has 57 heavy (non-hydrogen) atoms. The van der Waals surface area contributed by atoms with Crippen LogP contribution in [0.5, 0.6) is 0 Å². The van der Waals surface area contributed by atoms with Crippen molar-refractivity contribution in [1.29, 1.82) is 0 Å². The third-order valence-corrected chi connectivity index (χ3v) is 11.1. The first-order valence-electron chi connectivity index (χ1n) is 19.0. The van der Waals surface area contributed by atoms with Gasteiger partial charge in [-0.15, -0.1) is 0 Å². The zero-order chi connectivity index (χ0) is 37.5. The lowest BCUT2D eigenvalue weighted by atomic mass is 9.99. The molecule has 8 aromatic carbocycles. The minimum Gasteiger partial charge on any atom is -0.456 e. The molecule has 6 heteroatoms. The summed E-state index contributed by atoms with van der Waals surface area (Å²) in [6.07, 6.45) is 0. The summed E-state index contributed by atoms with van der Waals surface area (Å²) in [4.78, 5) is 15.3. The molecule has 0 N–H and O–H groups in total. The number of hydrogen-bond donors (Lipinski definition) is 0. The van der Waals surface area contributed by atoms with Crippen molar-refractivity contribution < 1.29 is 8.83 Å². The van der Waals surface area contributed by atoms with Gasteiger partial charge in [0.2, 0.25) is 0 Å². The van der Waals surface area contributed by atoms with Crippen molar-refractivity contribution in [2.45, 2.75) is 0 Å². The molecular weight excluding hydrogens is 701 g/mol. The van der Waals surface area contributed by atoms with Crippen LogP contribution in [0.4, 0.5) is 0 Å². The topological polar surface area (TPSA) is 69.9 Å². The van der Waals surface area contributed by atoms with Crippen molar-refractivity contribution >= 4 is 65.7 Å². The minimum atomic E-state index is 0.574. The molecule has 0 spiro atoms. The number of furan rings is 2.